The molecule has 170 valence electrons. The highest BCUT2D eigenvalue weighted by molar-refractivity contribution is 6.19. The van der Waals surface area contributed by atoms with E-state index in [0.717, 1.165) is 32.1 Å². The molecule has 1 aliphatic heterocycles. The smallest absolute Gasteiger partial charge is 0.312 e. The summed E-state index contributed by atoms with van der Waals surface area (Å²) >= 11 is 0. The molecular weight excluding hydrogens is 378 g/mol. The number of ether oxygens (including phenoxy) is 1. The molecule has 30 heavy (non-hydrogen) atoms. The van der Waals surface area contributed by atoms with Crippen molar-refractivity contribution in [1.82, 2.24) is 4.90 Å². The highest BCUT2D eigenvalue weighted by Gasteiger charge is 2.49. The molecule has 0 saturated heterocycles. The largest absolute Gasteiger partial charge is 0.465 e. The van der Waals surface area contributed by atoms with Crippen molar-refractivity contribution in [2.45, 2.75) is 99.8 Å². The van der Waals surface area contributed by atoms with E-state index in [1.165, 1.54) is 4.90 Å². The molecule has 0 aromatic heterocycles. The maximum absolute atomic E-state index is 13.2. The average Bonchev–Trinajstić information content (AvgIpc) is 2.95. The normalized spacial score (nSPS) is 19.8. The minimum absolute atomic E-state index is 0.0410. The van der Waals surface area contributed by atoms with Gasteiger partial charge in [0, 0.05) is 17.7 Å². The molecule has 1 atom stereocenters. The fourth-order valence-electron chi connectivity index (χ4n) is 4.61. The Labute approximate surface area is 182 Å². The summed E-state index contributed by atoms with van der Waals surface area (Å²) in [7, 11) is 0. The molecule has 0 saturated carbocycles. The first kappa shape index (κ1) is 24.6. The monoisotopic (exact) mass is 419 g/mol. The first-order valence-electron chi connectivity index (χ1n) is 11.7. The van der Waals surface area contributed by atoms with Gasteiger partial charge in [-0.05, 0) is 62.7 Å². The van der Waals surface area contributed by atoms with Crippen LogP contribution in [-0.4, -0.2) is 35.8 Å². The first-order valence-corrected chi connectivity index (χ1v) is 11.7. The molecule has 0 radical (unpaired) electrons. The summed E-state index contributed by atoms with van der Waals surface area (Å²) in [5.74, 6) is -0.447. The maximum atomic E-state index is 13.2. The molecule has 0 aromatic carbocycles. The van der Waals surface area contributed by atoms with E-state index < -0.39 is 5.41 Å². The first-order chi connectivity index (χ1) is 13.9. The fraction of sp³-hybridized carbons (Fsp3) is 0.800. The minimum Gasteiger partial charge on any atom is -0.465 e. The van der Waals surface area contributed by atoms with Crippen molar-refractivity contribution in [2.24, 2.45) is 16.2 Å². The number of esters is 1. The van der Waals surface area contributed by atoms with E-state index in [-0.39, 0.29) is 35.2 Å². The van der Waals surface area contributed by atoms with Gasteiger partial charge in [0.05, 0.1) is 12.0 Å². The van der Waals surface area contributed by atoms with Crippen molar-refractivity contribution >= 4 is 17.8 Å². The Morgan fingerprint density at radius 2 is 1.47 bits per heavy atom. The topological polar surface area (TPSA) is 63.7 Å². The van der Waals surface area contributed by atoms with Crippen LogP contribution < -0.4 is 0 Å². The third kappa shape index (κ3) is 4.81. The van der Waals surface area contributed by atoms with Crippen molar-refractivity contribution in [2.75, 3.05) is 13.2 Å². The molecule has 0 N–H and O–H groups in total. The van der Waals surface area contributed by atoms with Crippen LogP contribution in [-0.2, 0) is 19.1 Å². The van der Waals surface area contributed by atoms with Gasteiger partial charge < -0.3 is 4.74 Å². The van der Waals surface area contributed by atoms with Crippen molar-refractivity contribution in [1.29, 1.82) is 0 Å². The summed E-state index contributed by atoms with van der Waals surface area (Å²) in [6.45, 7) is 15.5. The lowest BCUT2D eigenvalue weighted by atomic mass is 9.58. The second-order valence-electron chi connectivity index (χ2n) is 10.7. The molecule has 0 fully saturated rings. The lowest BCUT2D eigenvalue weighted by Crippen LogP contribution is -2.46. The second-order valence-corrected chi connectivity index (χ2v) is 10.7. The van der Waals surface area contributed by atoms with Gasteiger partial charge in [0.1, 0.15) is 0 Å². The van der Waals surface area contributed by atoms with Gasteiger partial charge in [-0.2, -0.15) is 0 Å². The number of imide groups is 1. The van der Waals surface area contributed by atoms with Gasteiger partial charge in [0.2, 0.25) is 0 Å². The zero-order chi connectivity index (χ0) is 22.7. The van der Waals surface area contributed by atoms with Crippen LogP contribution >= 0.6 is 0 Å². The Kier molecular flexibility index (Phi) is 7.58. The van der Waals surface area contributed by atoms with E-state index in [0.29, 0.717) is 37.0 Å². The number of hydrogen-bond acceptors (Lipinski definition) is 4. The Morgan fingerprint density at radius 3 is 1.93 bits per heavy atom. The number of amides is 2. The van der Waals surface area contributed by atoms with Crippen LogP contribution in [0.4, 0.5) is 0 Å². The maximum Gasteiger partial charge on any atom is 0.312 e. The van der Waals surface area contributed by atoms with E-state index in [2.05, 4.69) is 41.5 Å². The lowest BCUT2D eigenvalue weighted by Gasteiger charge is -2.45. The SMILES string of the molecule is CCC(C)(C)CC(C)(C(=O)OCCCN1C(=O)C2=C(CCCC2)C1=O)C(C)(C)CC. The van der Waals surface area contributed by atoms with Gasteiger partial charge in [0.25, 0.3) is 11.8 Å². The van der Waals surface area contributed by atoms with E-state index in [1.54, 1.807) is 0 Å². The van der Waals surface area contributed by atoms with Gasteiger partial charge in [-0.1, -0.05) is 48.0 Å². The van der Waals surface area contributed by atoms with Crippen LogP contribution in [0.3, 0.4) is 0 Å². The van der Waals surface area contributed by atoms with E-state index in [4.69, 9.17) is 4.74 Å². The van der Waals surface area contributed by atoms with Crippen molar-refractivity contribution in [3.8, 4) is 0 Å². The van der Waals surface area contributed by atoms with Crippen LogP contribution in [0.15, 0.2) is 11.1 Å². The molecule has 0 spiro atoms. The molecule has 2 rings (SSSR count). The van der Waals surface area contributed by atoms with Crippen LogP contribution in [0, 0.1) is 16.2 Å². The van der Waals surface area contributed by atoms with Gasteiger partial charge >= 0.3 is 5.97 Å². The molecule has 5 heteroatoms. The zero-order valence-electron chi connectivity index (χ0n) is 20.2. The predicted octanol–water partition coefficient (Wildman–Crippen LogP) is 5.43. The third-order valence-electron chi connectivity index (χ3n) is 7.85. The quantitative estimate of drug-likeness (QED) is 0.269. The van der Waals surface area contributed by atoms with Crippen LogP contribution in [0.5, 0.6) is 0 Å². The Morgan fingerprint density at radius 1 is 0.933 bits per heavy atom. The summed E-state index contributed by atoms with van der Waals surface area (Å²) in [6.07, 6.45) is 6.48. The van der Waals surface area contributed by atoms with Crippen molar-refractivity contribution < 1.29 is 19.1 Å². The summed E-state index contributed by atoms with van der Waals surface area (Å²) < 4.78 is 5.73. The summed E-state index contributed by atoms with van der Waals surface area (Å²) in [6, 6.07) is 0. The van der Waals surface area contributed by atoms with Crippen LogP contribution in [0.25, 0.3) is 0 Å². The molecular formula is C25H41NO4. The van der Waals surface area contributed by atoms with Gasteiger partial charge in [-0.15, -0.1) is 0 Å². The second kappa shape index (κ2) is 9.23. The summed E-state index contributed by atoms with van der Waals surface area (Å²) in [5.41, 5.74) is 0.672. The summed E-state index contributed by atoms with van der Waals surface area (Å²) in [5, 5.41) is 0. The molecule has 0 bridgehead atoms. The Hall–Kier alpha value is -1.65. The predicted molar refractivity (Wildman–Crippen MR) is 119 cm³/mol. The molecule has 5 nitrogen and oxygen atoms in total. The number of hydrogen-bond donors (Lipinski definition) is 0. The van der Waals surface area contributed by atoms with Crippen LogP contribution in [0.2, 0.25) is 0 Å². The Balaban J connectivity index is 1.96. The number of carbonyl (C=O) groups is 3. The molecule has 1 heterocycles. The van der Waals surface area contributed by atoms with E-state index in [9.17, 15) is 14.4 Å². The third-order valence-corrected chi connectivity index (χ3v) is 7.85. The van der Waals surface area contributed by atoms with E-state index in [1.807, 2.05) is 6.92 Å². The standard InChI is InChI=1S/C25H41NO4/c1-8-23(3,4)17-25(7,24(5,6)9-2)22(29)30-16-12-15-26-20(27)18-13-10-11-14-19(18)21(26)28/h8-17H2,1-7H3. The van der Waals surface area contributed by atoms with Crippen LogP contribution in [0.1, 0.15) is 99.8 Å². The molecule has 0 aromatic rings. The highest BCUT2D eigenvalue weighted by atomic mass is 16.5. The fourth-order valence-corrected chi connectivity index (χ4v) is 4.61. The molecule has 2 amide bonds. The van der Waals surface area contributed by atoms with Crippen molar-refractivity contribution in [3.05, 3.63) is 11.1 Å². The number of carbonyl (C=O) groups excluding carboxylic acids is 3. The number of nitrogens with zero attached hydrogens (tertiary/aromatic N) is 1. The zero-order valence-corrected chi connectivity index (χ0v) is 20.2. The minimum atomic E-state index is -0.596. The number of rotatable bonds is 10. The lowest BCUT2D eigenvalue weighted by molar-refractivity contribution is -0.166. The average molecular weight is 420 g/mol. The van der Waals surface area contributed by atoms with E-state index >= 15 is 0 Å². The Bertz CT molecular complexity index is 691. The summed E-state index contributed by atoms with van der Waals surface area (Å²) in [4.78, 5) is 39.6. The van der Waals surface area contributed by atoms with Crippen molar-refractivity contribution in [3.63, 3.8) is 0 Å². The highest BCUT2D eigenvalue weighted by Crippen LogP contribution is 2.50. The van der Waals surface area contributed by atoms with Gasteiger partial charge in [0.15, 0.2) is 0 Å². The molecule has 1 unspecified atom stereocenters. The van der Waals surface area contributed by atoms with Gasteiger partial charge in [-0.25, -0.2) is 0 Å². The molecule has 1 aliphatic carbocycles. The molecule has 2 aliphatic rings. The van der Waals surface area contributed by atoms with Gasteiger partial charge in [-0.3, -0.25) is 19.3 Å².